The lowest BCUT2D eigenvalue weighted by atomic mass is 10.1. The minimum absolute atomic E-state index is 0.00412. The number of ketones is 1. The monoisotopic (exact) mass is 235 g/mol. The predicted octanol–water partition coefficient (Wildman–Crippen LogP) is 0.216. The van der Waals surface area contributed by atoms with Gasteiger partial charge in [0.15, 0.2) is 0 Å². The van der Waals surface area contributed by atoms with Crippen LogP contribution >= 0.6 is 0 Å². The molecule has 0 radical (unpaired) electrons. The van der Waals surface area contributed by atoms with Gasteiger partial charge in [0, 0.05) is 18.5 Å². The van der Waals surface area contributed by atoms with Gasteiger partial charge in [0.2, 0.25) is 0 Å². The number of rotatable bonds is 3. The summed E-state index contributed by atoms with van der Waals surface area (Å²) >= 11 is 0. The van der Waals surface area contributed by atoms with E-state index in [2.05, 4.69) is 0 Å². The van der Waals surface area contributed by atoms with Crippen LogP contribution in [0.5, 0.6) is 0 Å². The summed E-state index contributed by atoms with van der Waals surface area (Å²) in [5.74, 6) is -2.89. The third-order valence-corrected chi connectivity index (χ3v) is 2.83. The highest BCUT2D eigenvalue weighted by Gasteiger charge is 2.47. The molecule has 0 aliphatic carbocycles. The van der Waals surface area contributed by atoms with E-state index in [1.165, 1.54) is 19.1 Å². The van der Waals surface area contributed by atoms with E-state index in [1.807, 2.05) is 0 Å². The Balaban J connectivity index is 2.33. The van der Waals surface area contributed by atoms with Crippen LogP contribution in [0.15, 0.2) is 24.3 Å². The molecule has 0 fully saturated rings. The van der Waals surface area contributed by atoms with E-state index in [9.17, 15) is 19.8 Å². The number of nitrogens with zero attached hydrogens (tertiary/aromatic N) is 1. The van der Waals surface area contributed by atoms with Gasteiger partial charge in [-0.3, -0.25) is 14.5 Å². The predicted molar refractivity (Wildman–Crippen MR) is 58.9 cm³/mol. The average molecular weight is 235 g/mol. The molecule has 0 saturated carbocycles. The first-order valence-corrected chi connectivity index (χ1v) is 5.30. The molecule has 0 bridgehead atoms. The molecular formula is C12H13NO4. The van der Waals surface area contributed by atoms with Crippen molar-refractivity contribution in [3.05, 3.63) is 35.4 Å². The Morgan fingerprint density at radius 2 is 2.00 bits per heavy atom. The zero-order valence-corrected chi connectivity index (χ0v) is 9.38. The van der Waals surface area contributed by atoms with Gasteiger partial charge in [-0.1, -0.05) is 18.2 Å². The lowest BCUT2D eigenvalue weighted by molar-refractivity contribution is -0.249. The molecule has 1 aliphatic heterocycles. The fourth-order valence-corrected chi connectivity index (χ4v) is 1.92. The number of Topliss-reactive ketones (excluding diaryl/α,β-unsaturated/α-hetero) is 1. The summed E-state index contributed by atoms with van der Waals surface area (Å²) in [6.07, 6.45) is 0.0998. The second-order valence-corrected chi connectivity index (χ2v) is 4.09. The third kappa shape index (κ3) is 1.83. The van der Waals surface area contributed by atoms with Crippen molar-refractivity contribution in [1.29, 1.82) is 0 Å². The Kier molecular flexibility index (Phi) is 2.73. The highest BCUT2D eigenvalue weighted by Crippen LogP contribution is 2.34. The van der Waals surface area contributed by atoms with Crippen LogP contribution < -0.4 is 0 Å². The van der Waals surface area contributed by atoms with Crippen LogP contribution in [0.4, 0.5) is 0 Å². The number of benzene rings is 1. The summed E-state index contributed by atoms with van der Waals surface area (Å²) in [6.45, 7) is 1.39. The molecule has 5 nitrogen and oxygen atoms in total. The molecule has 5 heteroatoms. The van der Waals surface area contributed by atoms with Gasteiger partial charge in [0.05, 0.1) is 5.56 Å². The summed E-state index contributed by atoms with van der Waals surface area (Å²) < 4.78 is 0. The van der Waals surface area contributed by atoms with Crippen molar-refractivity contribution in [2.24, 2.45) is 0 Å². The molecule has 0 saturated heterocycles. The zero-order chi connectivity index (χ0) is 12.6. The molecule has 90 valence electrons. The van der Waals surface area contributed by atoms with Crippen molar-refractivity contribution < 1.29 is 19.8 Å². The maximum atomic E-state index is 11.9. The molecule has 1 heterocycles. The summed E-state index contributed by atoms with van der Waals surface area (Å²) in [4.78, 5) is 23.7. The summed E-state index contributed by atoms with van der Waals surface area (Å²) in [7, 11) is 0. The topological polar surface area (TPSA) is 77.8 Å². The first-order valence-electron chi connectivity index (χ1n) is 5.30. The van der Waals surface area contributed by atoms with Crippen molar-refractivity contribution >= 4 is 11.7 Å². The van der Waals surface area contributed by atoms with E-state index < -0.39 is 11.8 Å². The third-order valence-electron chi connectivity index (χ3n) is 2.83. The highest BCUT2D eigenvalue weighted by atomic mass is 16.5. The van der Waals surface area contributed by atoms with Crippen LogP contribution in [0.2, 0.25) is 0 Å². The zero-order valence-electron chi connectivity index (χ0n) is 9.38. The maximum absolute atomic E-state index is 11.9. The van der Waals surface area contributed by atoms with Crippen LogP contribution in [0.1, 0.15) is 29.3 Å². The molecule has 2 rings (SSSR count). The standard InChI is InChI=1S/C12H13NO4/c1-8(14)6-7-13-11(15)9-4-2-3-5-10(9)12(13,16)17/h2-5,16-17H,6-7H2,1H3. The maximum Gasteiger partial charge on any atom is 0.278 e. The normalized spacial score (nSPS) is 17.1. The number of hydrogen-bond donors (Lipinski definition) is 2. The van der Waals surface area contributed by atoms with Gasteiger partial charge in [-0.25, -0.2) is 0 Å². The smallest absolute Gasteiger partial charge is 0.278 e. The Hall–Kier alpha value is -1.72. The summed E-state index contributed by atoms with van der Waals surface area (Å²) in [5.41, 5.74) is 0.426. The molecule has 1 aliphatic rings. The molecule has 0 unspecified atom stereocenters. The SMILES string of the molecule is CC(=O)CCN1C(=O)c2ccccc2C1(O)O. The van der Waals surface area contributed by atoms with Crippen LogP contribution in [0.25, 0.3) is 0 Å². The van der Waals surface area contributed by atoms with Gasteiger partial charge >= 0.3 is 0 Å². The van der Waals surface area contributed by atoms with E-state index in [0.717, 1.165) is 4.90 Å². The molecule has 17 heavy (non-hydrogen) atoms. The number of carbonyl (C=O) groups excluding carboxylic acids is 2. The molecule has 2 N–H and O–H groups in total. The van der Waals surface area contributed by atoms with Gasteiger partial charge in [-0.2, -0.15) is 0 Å². The summed E-state index contributed by atoms with van der Waals surface area (Å²) in [5, 5.41) is 19.9. The Morgan fingerprint density at radius 3 is 2.59 bits per heavy atom. The van der Waals surface area contributed by atoms with E-state index in [-0.39, 0.29) is 29.9 Å². The number of hydrogen-bond acceptors (Lipinski definition) is 4. The lowest BCUT2D eigenvalue weighted by Gasteiger charge is -2.28. The van der Waals surface area contributed by atoms with Crippen molar-refractivity contribution in [3.8, 4) is 0 Å². The molecule has 1 aromatic carbocycles. The second-order valence-electron chi connectivity index (χ2n) is 4.09. The van der Waals surface area contributed by atoms with Crippen LogP contribution in [-0.2, 0) is 10.7 Å². The molecule has 0 spiro atoms. The fourth-order valence-electron chi connectivity index (χ4n) is 1.92. The Bertz CT molecular complexity index is 481. The van der Waals surface area contributed by atoms with Crippen LogP contribution in [0.3, 0.4) is 0 Å². The number of aliphatic hydroxyl groups is 2. The van der Waals surface area contributed by atoms with Crippen molar-refractivity contribution in [1.82, 2.24) is 4.90 Å². The van der Waals surface area contributed by atoms with Gasteiger partial charge in [-0.15, -0.1) is 0 Å². The molecule has 1 amide bonds. The minimum atomic E-state index is -2.32. The van der Waals surface area contributed by atoms with Crippen molar-refractivity contribution in [3.63, 3.8) is 0 Å². The van der Waals surface area contributed by atoms with Crippen molar-refractivity contribution in [2.75, 3.05) is 6.54 Å². The Morgan fingerprint density at radius 1 is 1.35 bits per heavy atom. The fraction of sp³-hybridized carbons (Fsp3) is 0.333. The average Bonchev–Trinajstić information content (AvgIpc) is 2.46. The molecule has 0 aromatic heterocycles. The quantitative estimate of drug-likeness (QED) is 0.734. The molecule has 1 aromatic rings. The Labute approximate surface area is 98.3 Å². The van der Waals surface area contributed by atoms with Gasteiger partial charge in [0.1, 0.15) is 5.78 Å². The van der Waals surface area contributed by atoms with Crippen LogP contribution in [-0.4, -0.2) is 33.3 Å². The number of amides is 1. The minimum Gasteiger partial charge on any atom is -0.345 e. The molecule has 0 atom stereocenters. The van der Waals surface area contributed by atoms with E-state index in [1.54, 1.807) is 12.1 Å². The van der Waals surface area contributed by atoms with Crippen LogP contribution in [0, 0.1) is 0 Å². The largest absolute Gasteiger partial charge is 0.345 e. The van der Waals surface area contributed by atoms with Gasteiger partial charge < -0.3 is 10.2 Å². The van der Waals surface area contributed by atoms with Crippen molar-refractivity contribution in [2.45, 2.75) is 19.3 Å². The van der Waals surface area contributed by atoms with Gasteiger partial charge in [-0.05, 0) is 13.0 Å². The molecular weight excluding hydrogens is 222 g/mol. The first-order chi connectivity index (χ1) is 7.94. The summed E-state index contributed by atoms with van der Waals surface area (Å²) in [6, 6.07) is 6.30. The lowest BCUT2D eigenvalue weighted by Crippen LogP contribution is -2.44. The highest BCUT2D eigenvalue weighted by molar-refractivity contribution is 5.99. The first kappa shape index (κ1) is 11.8. The second kappa shape index (κ2) is 3.94. The van der Waals surface area contributed by atoms with E-state index in [4.69, 9.17) is 0 Å². The number of carbonyl (C=O) groups is 2. The van der Waals surface area contributed by atoms with E-state index >= 15 is 0 Å². The number of fused-ring (bicyclic) bond motifs is 1. The van der Waals surface area contributed by atoms with E-state index in [0.29, 0.717) is 0 Å². The van der Waals surface area contributed by atoms with Gasteiger partial charge in [0.25, 0.3) is 11.8 Å².